The number of hydrogen-bond acceptors (Lipinski definition) is 3. The van der Waals surface area contributed by atoms with Crippen molar-refractivity contribution >= 4 is 11.9 Å². The Morgan fingerprint density at radius 3 is 2.53 bits per heavy atom. The molecule has 2 N–H and O–H groups in total. The summed E-state index contributed by atoms with van der Waals surface area (Å²) in [4.78, 5) is 24.0. The fourth-order valence-corrected chi connectivity index (χ4v) is 1.98. The van der Waals surface area contributed by atoms with Gasteiger partial charge in [0.15, 0.2) is 0 Å². The van der Waals surface area contributed by atoms with E-state index in [1.807, 2.05) is 0 Å². The predicted molar refractivity (Wildman–Crippen MR) is 72.9 cm³/mol. The third-order valence-corrected chi connectivity index (χ3v) is 3.11. The van der Waals surface area contributed by atoms with Crippen LogP contribution in [0.3, 0.4) is 0 Å². The highest BCUT2D eigenvalue weighted by molar-refractivity contribution is 5.83. The van der Waals surface area contributed by atoms with Gasteiger partial charge >= 0.3 is 6.03 Å². The first-order valence-corrected chi connectivity index (χ1v) is 6.93. The van der Waals surface area contributed by atoms with E-state index in [2.05, 4.69) is 10.6 Å². The van der Waals surface area contributed by atoms with E-state index in [9.17, 15) is 9.59 Å². The minimum absolute atomic E-state index is 0.0144. The van der Waals surface area contributed by atoms with Crippen molar-refractivity contribution in [3.63, 3.8) is 0 Å². The van der Waals surface area contributed by atoms with Gasteiger partial charge in [-0.25, -0.2) is 4.79 Å². The SMILES string of the molecule is CN(C)C(=O)NCC(=O)NCCCOC1CCCC1. The maximum atomic E-state index is 11.4. The zero-order valence-corrected chi connectivity index (χ0v) is 11.9. The number of urea groups is 1. The molecular formula is C13H25N3O3. The largest absolute Gasteiger partial charge is 0.378 e. The van der Waals surface area contributed by atoms with Crippen molar-refractivity contribution in [2.75, 3.05) is 33.8 Å². The first kappa shape index (κ1) is 15.8. The monoisotopic (exact) mass is 271 g/mol. The highest BCUT2D eigenvalue weighted by Gasteiger charge is 2.14. The highest BCUT2D eigenvalue weighted by atomic mass is 16.5. The molecule has 19 heavy (non-hydrogen) atoms. The lowest BCUT2D eigenvalue weighted by molar-refractivity contribution is -0.120. The number of amides is 3. The Kier molecular flexibility index (Phi) is 7.25. The zero-order valence-electron chi connectivity index (χ0n) is 11.9. The Morgan fingerprint density at radius 2 is 1.89 bits per heavy atom. The van der Waals surface area contributed by atoms with Gasteiger partial charge in [-0.05, 0) is 19.3 Å². The second kappa shape index (κ2) is 8.74. The fraction of sp³-hybridized carbons (Fsp3) is 0.846. The molecule has 0 atom stereocenters. The molecule has 0 aliphatic heterocycles. The van der Waals surface area contributed by atoms with Gasteiger partial charge in [0.2, 0.25) is 5.91 Å². The number of ether oxygens (including phenoxy) is 1. The van der Waals surface area contributed by atoms with Crippen LogP contribution in [0.4, 0.5) is 4.79 Å². The van der Waals surface area contributed by atoms with Crippen LogP contribution in [-0.4, -0.2) is 56.7 Å². The van der Waals surface area contributed by atoms with Gasteiger partial charge in [-0.15, -0.1) is 0 Å². The lowest BCUT2D eigenvalue weighted by Gasteiger charge is -2.12. The first-order valence-electron chi connectivity index (χ1n) is 6.93. The number of nitrogens with one attached hydrogen (secondary N) is 2. The van der Waals surface area contributed by atoms with Gasteiger partial charge in [-0.3, -0.25) is 4.79 Å². The number of carbonyl (C=O) groups excluding carboxylic acids is 2. The van der Waals surface area contributed by atoms with Crippen LogP contribution in [-0.2, 0) is 9.53 Å². The van der Waals surface area contributed by atoms with Crippen LogP contribution in [0.5, 0.6) is 0 Å². The topological polar surface area (TPSA) is 70.7 Å². The van der Waals surface area contributed by atoms with E-state index < -0.39 is 0 Å². The van der Waals surface area contributed by atoms with E-state index in [0.29, 0.717) is 19.3 Å². The molecule has 0 spiro atoms. The molecular weight excluding hydrogens is 246 g/mol. The van der Waals surface area contributed by atoms with Crippen LogP contribution >= 0.6 is 0 Å². The summed E-state index contributed by atoms with van der Waals surface area (Å²) in [6.45, 7) is 1.29. The van der Waals surface area contributed by atoms with E-state index in [4.69, 9.17) is 4.74 Å². The average Bonchev–Trinajstić information content (AvgIpc) is 2.88. The summed E-state index contributed by atoms with van der Waals surface area (Å²) >= 11 is 0. The standard InChI is InChI=1S/C13H25N3O3/c1-16(2)13(18)15-10-12(17)14-8-5-9-19-11-6-3-4-7-11/h11H,3-10H2,1-2H3,(H,14,17)(H,15,18). The van der Waals surface area contributed by atoms with E-state index in [-0.39, 0.29) is 18.5 Å². The number of hydrogen-bond donors (Lipinski definition) is 2. The van der Waals surface area contributed by atoms with Gasteiger partial charge in [0.1, 0.15) is 0 Å². The van der Waals surface area contributed by atoms with Crippen molar-refractivity contribution < 1.29 is 14.3 Å². The molecule has 0 aromatic carbocycles. The fourth-order valence-electron chi connectivity index (χ4n) is 1.98. The summed E-state index contributed by atoms with van der Waals surface area (Å²) in [7, 11) is 3.27. The van der Waals surface area contributed by atoms with E-state index in [0.717, 1.165) is 6.42 Å². The second-order valence-electron chi connectivity index (χ2n) is 5.03. The van der Waals surface area contributed by atoms with Crippen molar-refractivity contribution in [3.05, 3.63) is 0 Å². The van der Waals surface area contributed by atoms with Crippen LogP contribution in [0, 0.1) is 0 Å². The maximum Gasteiger partial charge on any atom is 0.317 e. The summed E-state index contributed by atoms with van der Waals surface area (Å²) in [5.74, 6) is -0.170. The molecule has 1 aliphatic carbocycles. The van der Waals surface area contributed by atoms with E-state index in [1.54, 1.807) is 14.1 Å². The van der Waals surface area contributed by atoms with Gasteiger partial charge < -0.3 is 20.3 Å². The Morgan fingerprint density at radius 1 is 1.21 bits per heavy atom. The summed E-state index contributed by atoms with van der Waals surface area (Å²) < 4.78 is 5.69. The van der Waals surface area contributed by atoms with Gasteiger partial charge in [-0.1, -0.05) is 12.8 Å². The van der Waals surface area contributed by atoms with E-state index in [1.165, 1.54) is 30.6 Å². The molecule has 6 nitrogen and oxygen atoms in total. The molecule has 0 saturated heterocycles. The summed E-state index contributed by atoms with van der Waals surface area (Å²) in [6, 6.07) is -0.264. The van der Waals surface area contributed by atoms with Crippen molar-refractivity contribution in [1.29, 1.82) is 0 Å². The van der Waals surface area contributed by atoms with Crippen molar-refractivity contribution in [2.24, 2.45) is 0 Å². The Labute approximate surface area is 114 Å². The third kappa shape index (κ3) is 7.00. The Balaban J connectivity index is 1.93. The van der Waals surface area contributed by atoms with Gasteiger partial charge in [0.05, 0.1) is 12.6 Å². The summed E-state index contributed by atoms with van der Waals surface area (Å²) in [6.07, 6.45) is 6.12. The maximum absolute atomic E-state index is 11.4. The van der Waals surface area contributed by atoms with Crippen LogP contribution in [0.15, 0.2) is 0 Å². The average molecular weight is 271 g/mol. The molecule has 0 heterocycles. The van der Waals surface area contributed by atoms with Crippen LogP contribution in [0.25, 0.3) is 0 Å². The minimum Gasteiger partial charge on any atom is -0.378 e. The molecule has 1 fully saturated rings. The lowest BCUT2D eigenvalue weighted by Crippen LogP contribution is -2.41. The third-order valence-electron chi connectivity index (χ3n) is 3.11. The molecule has 0 unspecified atom stereocenters. The molecule has 0 aromatic heterocycles. The summed E-state index contributed by atoms with van der Waals surface area (Å²) in [5.41, 5.74) is 0. The smallest absolute Gasteiger partial charge is 0.317 e. The molecule has 6 heteroatoms. The minimum atomic E-state index is -0.264. The molecule has 1 aliphatic rings. The van der Waals surface area contributed by atoms with Gasteiger partial charge in [-0.2, -0.15) is 0 Å². The molecule has 3 amide bonds. The molecule has 110 valence electrons. The number of carbonyl (C=O) groups is 2. The Hall–Kier alpha value is -1.30. The molecule has 1 saturated carbocycles. The summed E-state index contributed by atoms with van der Waals surface area (Å²) in [5, 5.41) is 5.26. The van der Waals surface area contributed by atoms with Crippen LogP contribution < -0.4 is 10.6 Å². The van der Waals surface area contributed by atoms with Crippen molar-refractivity contribution in [1.82, 2.24) is 15.5 Å². The van der Waals surface area contributed by atoms with Crippen molar-refractivity contribution in [2.45, 2.75) is 38.2 Å². The first-order chi connectivity index (χ1) is 9.09. The number of nitrogens with zero attached hydrogens (tertiary/aromatic N) is 1. The quantitative estimate of drug-likeness (QED) is 0.670. The number of rotatable bonds is 7. The normalized spacial score (nSPS) is 15.3. The van der Waals surface area contributed by atoms with Gasteiger partial charge in [0.25, 0.3) is 0 Å². The highest BCUT2D eigenvalue weighted by Crippen LogP contribution is 2.20. The molecule has 0 aromatic rings. The van der Waals surface area contributed by atoms with E-state index >= 15 is 0 Å². The lowest BCUT2D eigenvalue weighted by atomic mass is 10.3. The molecule has 1 rings (SSSR count). The predicted octanol–water partition coefficient (Wildman–Crippen LogP) is 0.723. The van der Waals surface area contributed by atoms with Crippen LogP contribution in [0.2, 0.25) is 0 Å². The molecule has 0 bridgehead atoms. The second-order valence-corrected chi connectivity index (χ2v) is 5.03. The zero-order chi connectivity index (χ0) is 14.1. The van der Waals surface area contributed by atoms with Crippen LogP contribution in [0.1, 0.15) is 32.1 Å². The van der Waals surface area contributed by atoms with Crippen molar-refractivity contribution in [3.8, 4) is 0 Å². The molecule has 0 radical (unpaired) electrons. The van der Waals surface area contributed by atoms with Gasteiger partial charge in [0, 0.05) is 27.2 Å². The Bertz CT molecular complexity index is 289.